The van der Waals surface area contributed by atoms with Gasteiger partial charge in [-0.15, -0.1) is 0 Å². The van der Waals surface area contributed by atoms with E-state index in [2.05, 4.69) is 6.92 Å². The third-order valence-electron chi connectivity index (χ3n) is 3.92. The molecule has 1 aliphatic heterocycles. The van der Waals surface area contributed by atoms with Crippen LogP contribution < -0.4 is 9.64 Å². The molecule has 0 spiro atoms. The molecule has 0 aliphatic carbocycles. The van der Waals surface area contributed by atoms with Crippen molar-refractivity contribution >= 4 is 17.4 Å². The molecule has 22 heavy (non-hydrogen) atoms. The minimum atomic E-state index is 0.0136. The van der Waals surface area contributed by atoms with Crippen LogP contribution in [0.25, 0.3) is 0 Å². The number of hydrogen-bond donors (Lipinski definition) is 0. The second kappa shape index (κ2) is 7.29. The maximum absolute atomic E-state index is 12.3. The fourth-order valence-electron chi connectivity index (χ4n) is 2.46. The molecule has 120 valence electrons. The maximum atomic E-state index is 12.3. The molecule has 0 radical (unpaired) electrons. The number of carbonyl (C=O) groups is 2. The molecule has 5 nitrogen and oxygen atoms in total. The van der Waals surface area contributed by atoms with Crippen LogP contribution in [0.1, 0.15) is 37.0 Å². The average Bonchev–Trinajstić information content (AvgIpc) is 2.52. The van der Waals surface area contributed by atoms with Crippen molar-refractivity contribution in [3.63, 3.8) is 0 Å². The number of anilines is 1. The zero-order valence-electron chi connectivity index (χ0n) is 13.6. The molecule has 0 aromatic heterocycles. The Labute approximate surface area is 131 Å². The number of fused-ring (bicyclic) bond motifs is 1. The number of carbonyl (C=O) groups excluding carboxylic acids is 2. The van der Waals surface area contributed by atoms with Gasteiger partial charge in [0.25, 0.3) is 0 Å². The highest BCUT2D eigenvalue weighted by molar-refractivity contribution is 5.96. The Kier molecular flexibility index (Phi) is 5.41. The van der Waals surface area contributed by atoms with Crippen molar-refractivity contribution < 1.29 is 14.3 Å². The Balaban J connectivity index is 2.12. The van der Waals surface area contributed by atoms with Gasteiger partial charge in [0.15, 0.2) is 5.78 Å². The number of ketones is 1. The van der Waals surface area contributed by atoms with Gasteiger partial charge < -0.3 is 14.5 Å². The van der Waals surface area contributed by atoms with Crippen molar-refractivity contribution in [1.29, 1.82) is 0 Å². The summed E-state index contributed by atoms with van der Waals surface area (Å²) in [6.07, 6.45) is 2.08. The second-order valence-corrected chi connectivity index (χ2v) is 5.68. The number of likely N-dealkylation sites (N-methyl/N-ethyl adjacent to an activating group) is 1. The fourth-order valence-corrected chi connectivity index (χ4v) is 2.46. The molecular weight excluding hydrogens is 280 g/mol. The van der Waals surface area contributed by atoms with Gasteiger partial charge in [-0.2, -0.15) is 0 Å². The topological polar surface area (TPSA) is 49.9 Å². The predicted octanol–water partition coefficient (Wildman–Crippen LogP) is 2.35. The van der Waals surface area contributed by atoms with Crippen LogP contribution in [0.5, 0.6) is 5.75 Å². The second-order valence-electron chi connectivity index (χ2n) is 5.68. The van der Waals surface area contributed by atoms with E-state index in [1.165, 1.54) is 0 Å². The predicted molar refractivity (Wildman–Crippen MR) is 86.7 cm³/mol. The standard InChI is InChI=1S/C17H24N2O3/c1-4-5-8-18(3)17(21)12-19-9-10-22-16-7-6-14(13(2)20)11-15(16)19/h6-7,11H,4-5,8-10,12H2,1-3H3. The molecule has 1 aromatic rings. The highest BCUT2D eigenvalue weighted by Crippen LogP contribution is 2.32. The normalized spacial score (nSPS) is 13.3. The summed E-state index contributed by atoms with van der Waals surface area (Å²) in [5.74, 6) is 0.842. The van der Waals surface area contributed by atoms with Crippen molar-refractivity contribution in [1.82, 2.24) is 4.90 Å². The molecule has 0 unspecified atom stereocenters. The van der Waals surface area contributed by atoms with Crippen molar-refractivity contribution in [3.8, 4) is 5.75 Å². The first kappa shape index (κ1) is 16.3. The molecule has 0 saturated heterocycles. The Morgan fingerprint density at radius 2 is 2.14 bits per heavy atom. The number of unbranched alkanes of at least 4 members (excludes halogenated alkanes) is 1. The molecule has 2 rings (SSSR count). The summed E-state index contributed by atoms with van der Waals surface area (Å²) in [4.78, 5) is 27.6. The van der Waals surface area contributed by atoms with E-state index in [0.29, 0.717) is 25.3 Å². The van der Waals surface area contributed by atoms with Crippen molar-refractivity contribution in [2.24, 2.45) is 0 Å². The van der Waals surface area contributed by atoms with E-state index in [1.54, 1.807) is 17.9 Å². The van der Waals surface area contributed by atoms with Crippen LogP contribution in [0.4, 0.5) is 5.69 Å². The summed E-state index contributed by atoms with van der Waals surface area (Å²) in [7, 11) is 1.84. The van der Waals surface area contributed by atoms with Gasteiger partial charge in [-0.05, 0) is 31.5 Å². The molecule has 1 amide bonds. The van der Waals surface area contributed by atoms with E-state index in [9.17, 15) is 9.59 Å². The highest BCUT2D eigenvalue weighted by Gasteiger charge is 2.22. The lowest BCUT2D eigenvalue weighted by Crippen LogP contribution is -2.42. The number of nitrogens with zero attached hydrogens (tertiary/aromatic N) is 2. The molecule has 1 aromatic carbocycles. The molecular formula is C17H24N2O3. The highest BCUT2D eigenvalue weighted by atomic mass is 16.5. The van der Waals surface area contributed by atoms with E-state index in [0.717, 1.165) is 30.8 Å². The minimum Gasteiger partial charge on any atom is -0.490 e. The van der Waals surface area contributed by atoms with Crippen LogP contribution in [-0.2, 0) is 4.79 Å². The molecule has 0 N–H and O–H groups in total. The number of hydrogen-bond acceptors (Lipinski definition) is 4. The van der Waals surface area contributed by atoms with Gasteiger partial charge in [-0.25, -0.2) is 0 Å². The van der Waals surface area contributed by atoms with Gasteiger partial charge >= 0.3 is 0 Å². The summed E-state index contributed by atoms with van der Waals surface area (Å²) in [6.45, 7) is 5.96. The van der Waals surface area contributed by atoms with E-state index in [-0.39, 0.29) is 11.7 Å². The third-order valence-corrected chi connectivity index (χ3v) is 3.92. The molecule has 0 bridgehead atoms. The largest absolute Gasteiger partial charge is 0.490 e. The van der Waals surface area contributed by atoms with Crippen LogP contribution in [-0.4, -0.2) is 49.9 Å². The first-order valence-electron chi connectivity index (χ1n) is 7.79. The Hall–Kier alpha value is -2.04. The fraction of sp³-hybridized carbons (Fsp3) is 0.529. The Morgan fingerprint density at radius 1 is 1.36 bits per heavy atom. The van der Waals surface area contributed by atoms with Gasteiger partial charge in [0.05, 0.1) is 18.8 Å². The number of amides is 1. The van der Waals surface area contributed by atoms with Crippen LogP contribution >= 0.6 is 0 Å². The first-order valence-corrected chi connectivity index (χ1v) is 7.79. The van der Waals surface area contributed by atoms with Crippen molar-refractivity contribution in [2.75, 3.05) is 38.2 Å². The van der Waals surface area contributed by atoms with Gasteiger partial charge in [0.2, 0.25) is 5.91 Å². The van der Waals surface area contributed by atoms with Gasteiger partial charge in [0.1, 0.15) is 12.4 Å². The number of Topliss-reactive ketones (excluding diaryl/α,β-unsaturated/α-hetero) is 1. The van der Waals surface area contributed by atoms with Crippen molar-refractivity contribution in [3.05, 3.63) is 23.8 Å². The summed E-state index contributed by atoms with van der Waals surface area (Å²) in [5, 5.41) is 0. The van der Waals surface area contributed by atoms with Gasteiger partial charge in [-0.3, -0.25) is 9.59 Å². The average molecular weight is 304 g/mol. The van der Waals surface area contributed by atoms with E-state index >= 15 is 0 Å². The Morgan fingerprint density at radius 3 is 2.82 bits per heavy atom. The third kappa shape index (κ3) is 3.78. The lowest BCUT2D eigenvalue weighted by Gasteiger charge is -2.32. The maximum Gasteiger partial charge on any atom is 0.241 e. The zero-order valence-corrected chi connectivity index (χ0v) is 13.6. The van der Waals surface area contributed by atoms with Gasteiger partial charge in [-0.1, -0.05) is 13.3 Å². The zero-order chi connectivity index (χ0) is 16.1. The molecule has 0 atom stereocenters. The molecule has 1 aliphatic rings. The molecule has 1 heterocycles. The molecule has 5 heteroatoms. The van der Waals surface area contributed by atoms with Crippen LogP contribution in [0.15, 0.2) is 18.2 Å². The summed E-state index contributed by atoms with van der Waals surface area (Å²) < 4.78 is 5.62. The smallest absolute Gasteiger partial charge is 0.241 e. The summed E-state index contributed by atoms with van der Waals surface area (Å²) >= 11 is 0. The van der Waals surface area contributed by atoms with Gasteiger partial charge in [0, 0.05) is 19.2 Å². The van der Waals surface area contributed by atoms with Crippen LogP contribution in [0.2, 0.25) is 0 Å². The lowest BCUT2D eigenvalue weighted by molar-refractivity contribution is -0.128. The number of ether oxygens (including phenoxy) is 1. The van der Waals surface area contributed by atoms with E-state index < -0.39 is 0 Å². The quantitative estimate of drug-likeness (QED) is 0.757. The van der Waals surface area contributed by atoms with Crippen LogP contribution in [0.3, 0.4) is 0 Å². The summed E-state index contributed by atoms with van der Waals surface area (Å²) in [5.41, 5.74) is 1.47. The van der Waals surface area contributed by atoms with Crippen molar-refractivity contribution in [2.45, 2.75) is 26.7 Å². The SMILES string of the molecule is CCCCN(C)C(=O)CN1CCOc2ccc(C(C)=O)cc21. The Bertz CT molecular complexity index is 557. The van der Waals surface area contributed by atoms with E-state index in [1.807, 2.05) is 24.1 Å². The lowest BCUT2D eigenvalue weighted by atomic mass is 10.1. The molecule has 0 saturated carbocycles. The monoisotopic (exact) mass is 304 g/mol. The number of benzene rings is 1. The minimum absolute atomic E-state index is 0.0136. The van der Waals surface area contributed by atoms with E-state index in [4.69, 9.17) is 4.74 Å². The van der Waals surface area contributed by atoms with Crippen LogP contribution in [0, 0.1) is 0 Å². The first-order chi connectivity index (χ1) is 10.5. The number of rotatable bonds is 6. The summed E-state index contributed by atoms with van der Waals surface area (Å²) in [6, 6.07) is 5.39. The molecule has 0 fully saturated rings.